The molecule has 0 aliphatic heterocycles. The summed E-state index contributed by atoms with van der Waals surface area (Å²) >= 11 is 0. The van der Waals surface area contributed by atoms with Gasteiger partial charge in [0.2, 0.25) is 0 Å². The Balaban J connectivity index is 0. The molecule has 0 fully saturated rings. The molecule has 0 aromatic heterocycles. The summed E-state index contributed by atoms with van der Waals surface area (Å²) in [6.45, 7) is 3.05. The zero-order valence-corrected chi connectivity index (χ0v) is 6.36. The zero-order valence-electron chi connectivity index (χ0n) is 4.36. The predicted molar refractivity (Wildman–Crippen MR) is 26.3 cm³/mol. The first-order chi connectivity index (χ1) is 2.56. The van der Waals surface area contributed by atoms with Gasteiger partial charge in [-0.1, -0.05) is 6.92 Å². The molecule has 1 N–H and O–H groups in total. The van der Waals surface area contributed by atoms with Crippen molar-refractivity contribution in [2.24, 2.45) is 0 Å². The maximum atomic E-state index is 10.1. The molecule has 0 saturated heterocycles. The third kappa shape index (κ3) is 10.8. The molecule has 0 spiro atoms. The van der Waals surface area contributed by atoms with Gasteiger partial charge in [0.15, 0.2) is 7.37 Å². The molecule has 1 atom stereocenters. The van der Waals surface area contributed by atoms with Crippen LogP contribution in [-0.4, -0.2) is 17.7 Å². The molecule has 0 aliphatic carbocycles. The number of hydrogen-bond donors (Lipinski definition) is 1. The van der Waals surface area contributed by atoms with Crippen molar-refractivity contribution in [3.63, 3.8) is 0 Å². The number of rotatable bonds is 1. The standard InChI is InChI=1S/C3H9O2P.Fe/c1-3-6(2,4)5;/h3H2,1-2H3,(H,4,5);. The van der Waals surface area contributed by atoms with Gasteiger partial charge in [-0.25, -0.2) is 0 Å². The van der Waals surface area contributed by atoms with Gasteiger partial charge in [0, 0.05) is 29.9 Å². The van der Waals surface area contributed by atoms with Crippen LogP contribution in [0, 0.1) is 0 Å². The van der Waals surface area contributed by atoms with E-state index < -0.39 is 7.37 Å². The van der Waals surface area contributed by atoms with E-state index in [1.165, 1.54) is 6.66 Å². The van der Waals surface area contributed by atoms with Crippen molar-refractivity contribution in [3.05, 3.63) is 0 Å². The smallest absolute Gasteiger partial charge is 0.197 e. The van der Waals surface area contributed by atoms with Crippen molar-refractivity contribution in [1.29, 1.82) is 0 Å². The summed E-state index contributed by atoms with van der Waals surface area (Å²) in [7, 11) is -2.65. The largest absolute Gasteiger partial charge is 0.344 e. The van der Waals surface area contributed by atoms with Gasteiger partial charge in [-0.2, -0.15) is 0 Å². The predicted octanol–water partition coefficient (Wildman–Crippen LogP) is 0.904. The monoisotopic (exact) mass is 164 g/mol. The normalized spacial score (nSPS) is 17.0. The van der Waals surface area contributed by atoms with Gasteiger partial charge in [0.05, 0.1) is 0 Å². The van der Waals surface area contributed by atoms with Crippen LogP contribution in [0.15, 0.2) is 0 Å². The molecule has 46 valence electrons. The number of hydrogen-bond acceptors (Lipinski definition) is 1. The Morgan fingerprint density at radius 2 is 1.86 bits per heavy atom. The second kappa shape index (κ2) is 3.68. The van der Waals surface area contributed by atoms with Crippen molar-refractivity contribution in [2.75, 3.05) is 12.8 Å². The molecule has 0 heterocycles. The summed E-state index contributed by atoms with van der Waals surface area (Å²) < 4.78 is 10.1. The van der Waals surface area contributed by atoms with E-state index in [-0.39, 0.29) is 17.1 Å². The summed E-state index contributed by atoms with van der Waals surface area (Å²) in [6, 6.07) is 0. The van der Waals surface area contributed by atoms with E-state index in [1.807, 2.05) is 0 Å². The van der Waals surface area contributed by atoms with Crippen molar-refractivity contribution >= 4 is 7.37 Å². The van der Waals surface area contributed by atoms with Crippen LogP contribution in [-0.2, 0) is 21.6 Å². The summed E-state index contributed by atoms with van der Waals surface area (Å²) in [5, 5.41) is 0. The molecule has 7 heavy (non-hydrogen) atoms. The molecule has 2 nitrogen and oxygen atoms in total. The summed E-state index contributed by atoms with van der Waals surface area (Å²) in [5.41, 5.74) is 0. The van der Waals surface area contributed by atoms with E-state index in [1.54, 1.807) is 6.92 Å². The average Bonchev–Trinajstić information content (AvgIpc) is 1.35. The van der Waals surface area contributed by atoms with Crippen LogP contribution in [0.5, 0.6) is 0 Å². The third-order valence-electron chi connectivity index (χ3n) is 0.587. The fourth-order valence-electron chi connectivity index (χ4n) is 0. The van der Waals surface area contributed by atoms with Crippen LogP contribution in [0.3, 0.4) is 0 Å². The van der Waals surface area contributed by atoms with Crippen LogP contribution in [0.2, 0.25) is 0 Å². The van der Waals surface area contributed by atoms with Gasteiger partial charge >= 0.3 is 0 Å². The van der Waals surface area contributed by atoms with E-state index in [0.29, 0.717) is 6.16 Å². The van der Waals surface area contributed by atoms with Gasteiger partial charge < -0.3 is 4.89 Å². The van der Waals surface area contributed by atoms with Crippen LogP contribution in [0.4, 0.5) is 0 Å². The maximum absolute atomic E-state index is 10.1. The fourth-order valence-corrected chi connectivity index (χ4v) is 0. The molecule has 0 amide bonds. The van der Waals surface area contributed by atoms with Gasteiger partial charge in [-0.15, -0.1) is 0 Å². The zero-order chi connectivity index (χ0) is 5.21. The Kier molecular flexibility index (Phi) is 5.60. The molecule has 1 unspecified atom stereocenters. The SMILES string of the molecule is CCP(C)(=O)O.[Fe]. The van der Waals surface area contributed by atoms with Gasteiger partial charge in [-0.3, -0.25) is 4.57 Å². The summed E-state index contributed by atoms with van der Waals surface area (Å²) in [6.07, 6.45) is 0.382. The molecule has 0 aromatic rings. The van der Waals surface area contributed by atoms with Crippen LogP contribution in [0.25, 0.3) is 0 Å². The van der Waals surface area contributed by atoms with Gasteiger partial charge in [0.25, 0.3) is 0 Å². The molecule has 0 saturated carbocycles. The Morgan fingerprint density at radius 3 is 1.86 bits per heavy atom. The fraction of sp³-hybridized carbons (Fsp3) is 1.00. The summed E-state index contributed by atoms with van der Waals surface area (Å²) in [4.78, 5) is 8.38. The second-order valence-corrected chi connectivity index (χ2v) is 4.10. The molecule has 0 bridgehead atoms. The average molecular weight is 164 g/mol. The van der Waals surface area contributed by atoms with E-state index in [0.717, 1.165) is 0 Å². The van der Waals surface area contributed by atoms with E-state index >= 15 is 0 Å². The summed E-state index contributed by atoms with van der Waals surface area (Å²) in [5.74, 6) is 0. The molecular weight excluding hydrogens is 155 g/mol. The Bertz CT molecular complexity index is 77.0. The van der Waals surface area contributed by atoms with Crippen LogP contribution in [0.1, 0.15) is 6.92 Å². The Hall–Kier alpha value is 0.709. The van der Waals surface area contributed by atoms with Crippen LogP contribution >= 0.6 is 7.37 Å². The first kappa shape index (κ1) is 10.6. The first-order valence-electron chi connectivity index (χ1n) is 1.85. The van der Waals surface area contributed by atoms with Crippen molar-refractivity contribution in [1.82, 2.24) is 0 Å². The topological polar surface area (TPSA) is 37.3 Å². The van der Waals surface area contributed by atoms with E-state index in [4.69, 9.17) is 4.89 Å². The molecule has 4 heteroatoms. The Labute approximate surface area is 54.2 Å². The van der Waals surface area contributed by atoms with E-state index in [9.17, 15) is 4.57 Å². The maximum Gasteiger partial charge on any atom is 0.197 e. The quantitative estimate of drug-likeness (QED) is 0.461. The van der Waals surface area contributed by atoms with Gasteiger partial charge in [-0.05, 0) is 0 Å². The van der Waals surface area contributed by atoms with E-state index in [2.05, 4.69) is 0 Å². The minimum atomic E-state index is -2.65. The second-order valence-electron chi connectivity index (χ2n) is 1.37. The minimum Gasteiger partial charge on any atom is -0.344 e. The molecule has 0 radical (unpaired) electrons. The van der Waals surface area contributed by atoms with Crippen molar-refractivity contribution in [3.8, 4) is 0 Å². The minimum absolute atomic E-state index is 0. The Morgan fingerprint density at radius 1 is 1.71 bits per heavy atom. The molecular formula is C3H9FeO2P. The van der Waals surface area contributed by atoms with Gasteiger partial charge in [0.1, 0.15) is 0 Å². The first-order valence-corrected chi connectivity index (χ1v) is 4.15. The molecule has 0 aliphatic rings. The molecule has 0 rings (SSSR count). The third-order valence-corrected chi connectivity index (χ3v) is 1.76. The van der Waals surface area contributed by atoms with Crippen molar-refractivity contribution < 1.29 is 26.5 Å². The molecule has 0 aromatic carbocycles. The van der Waals surface area contributed by atoms with Crippen LogP contribution < -0.4 is 0 Å². The van der Waals surface area contributed by atoms with Crippen molar-refractivity contribution in [2.45, 2.75) is 6.92 Å².